The third kappa shape index (κ3) is 14.2. The van der Waals surface area contributed by atoms with Crippen LogP contribution in [0.4, 0.5) is 11.4 Å². The Labute approximate surface area is 256 Å². The number of benzene rings is 3. The van der Waals surface area contributed by atoms with Gasteiger partial charge in [-0.15, -0.1) is 0 Å². The van der Waals surface area contributed by atoms with Gasteiger partial charge in [0.05, 0.1) is 24.6 Å². The van der Waals surface area contributed by atoms with Crippen LogP contribution in [0.15, 0.2) is 83.0 Å². The van der Waals surface area contributed by atoms with Crippen molar-refractivity contribution in [3.8, 4) is 22.6 Å². The molecule has 0 amide bonds. The van der Waals surface area contributed by atoms with E-state index in [4.69, 9.17) is 9.47 Å². The number of hydrogen-bond acceptors (Lipinski definition) is 4. The molecule has 3 aromatic carbocycles. The van der Waals surface area contributed by atoms with Crippen molar-refractivity contribution in [2.45, 2.75) is 117 Å². The van der Waals surface area contributed by atoms with Gasteiger partial charge in [0.15, 0.2) is 0 Å². The molecular formula is C38H54N2O2. The Balaban J connectivity index is 1.29. The molecule has 0 saturated carbocycles. The van der Waals surface area contributed by atoms with Gasteiger partial charge in [-0.3, -0.25) is 0 Å². The molecule has 4 nitrogen and oxygen atoms in total. The average molecular weight is 571 g/mol. The Bertz CT molecular complexity index is 1090. The van der Waals surface area contributed by atoms with E-state index in [1.54, 1.807) is 0 Å². The maximum atomic E-state index is 5.99. The summed E-state index contributed by atoms with van der Waals surface area (Å²) < 4.78 is 11.8. The van der Waals surface area contributed by atoms with Gasteiger partial charge < -0.3 is 9.47 Å². The normalized spacial score (nSPS) is 11.3. The quantitative estimate of drug-likeness (QED) is 0.0840. The first-order valence-corrected chi connectivity index (χ1v) is 16.8. The summed E-state index contributed by atoms with van der Waals surface area (Å²) in [6.45, 7) is 6.07. The van der Waals surface area contributed by atoms with Crippen molar-refractivity contribution >= 4 is 11.4 Å². The fraction of sp³-hybridized carbons (Fsp3) is 0.526. The SMILES string of the molecule is CCCCCCCCCCCCCCOc1ccc(-c2ccc(N=Nc3ccc(OCCCCCC)cc3)cc2)cc1. The predicted octanol–water partition coefficient (Wildman–Crippen LogP) is 12.8. The average Bonchev–Trinajstić information content (AvgIpc) is 3.03. The Morgan fingerprint density at radius 2 is 0.690 bits per heavy atom. The Hall–Kier alpha value is -3.14. The highest BCUT2D eigenvalue weighted by Crippen LogP contribution is 2.26. The van der Waals surface area contributed by atoms with Gasteiger partial charge in [0, 0.05) is 0 Å². The fourth-order valence-electron chi connectivity index (χ4n) is 5.04. The second-order valence-electron chi connectivity index (χ2n) is 11.4. The molecule has 228 valence electrons. The molecular weight excluding hydrogens is 516 g/mol. The Kier molecular flexibility index (Phi) is 17.1. The van der Waals surface area contributed by atoms with Crippen molar-refractivity contribution in [3.63, 3.8) is 0 Å². The molecule has 0 saturated heterocycles. The highest BCUT2D eigenvalue weighted by Gasteiger charge is 2.01. The van der Waals surface area contributed by atoms with Gasteiger partial charge >= 0.3 is 0 Å². The van der Waals surface area contributed by atoms with E-state index in [9.17, 15) is 0 Å². The second kappa shape index (κ2) is 21.5. The van der Waals surface area contributed by atoms with Gasteiger partial charge in [0.2, 0.25) is 0 Å². The van der Waals surface area contributed by atoms with Crippen molar-refractivity contribution < 1.29 is 9.47 Å². The number of nitrogens with zero attached hydrogens (tertiary/aromatic N) is 2. The minimum Gasteiger partial charge on any atom is -0.494 e. The minimum atomic E-state index is 0.766. The highest BCUT2D eigenvalue weighted by molar-refractivity contribution is 5.66. The topological polar surface area (TPSA) is 43.2 Å². The molecule has 0 aliphatic heterocycles. The van der Waals surface area contributed by atoms with Crippen LogP contribution in [0.5, 0.6) is 11.5 Å². The van der Waals surface area contributed by atoms with E-state index in [-0.39, 0.29) is 0 Å². The number of unbranched alkanes of at least 4 members (excludes halogenated alkanes) is 14. The molecule has 3 rings (SSSR count). The lowest BCUT2D eigenvalue weighted by atomic mass is 10.1. The van der Waals surface area contributed by atoms with E-state index in [0.29, 0.717) is 0 Å². The number of hydrogen-bond donors (Lipinski definition) is 0. The summed E-state index contributed by atoms with van der Waals surface area (Å²) in [4.78, 5) is 0. The summed E-state index contributed by atoms with van der Waals surface area (Å²) in [6, 6.07) is 24.4. The number of azo groups is 1. The molecule has 0 spiro atoms. The van der Waals surface area contributed by atoms with Crippen LogP contribution in [0.3, 0.4) is 0 Å². The summed E-state index contributed by atoms with van der Waals surface area (Å²) in [6.07, 6.45) is 21.2. The lowest BCUT2D eigenvalue weighted by Gasteiger charge is -2.08. The van der Waals surface area contributed by atoms with Crippen molar-refractivity contribution in [3.05, 3.63) is 72.8 Å². The first-order valence-electron chi connectivity index (χ1n) is 16.8. The summed E-state index contributed by atoms with van der Waals surface area (Å²) in [5, 5.41) is 8.78. The van der Waals surface area contributed by atoms with Gasteiger partial charge in [-0.1, -0.05) is 128 Å². The smallest absolute Gasteiger partial charge is 0.119 e. The van der Waals surface area contributed by atoms with Crippen LogP contribution in [0, 0.1) is 0 Å². The lowest BCUT2D eigenvalue weighted by Crippen LogP contribution is -1.97. The fourth-order valence-corrected chi connectivity index (χ4v) is 5.04. The molecule has 0 bridgehead atoms. The standard InChI is InChI=1S/C38H54N2O2/c1-3-5-7-9-10-11-12-13-14-15-16-18-32-41-37-27-21-34(22-28-37)33-19-23-35(24-20-33)39-40-36-25-29-38(30-26-36)42-31-17-8-6-4-2/h19-30H,3-18,31-32H2,1-2H3. The monoisotopic (exact) mass is 570 g/mol. The van der Waals surface area contributed by atoms with Gasteiger partial charge in [0.25, 0.3) is 0 Å². The maximum absolute atomic E-state index is 5.99. The number of ether oxygens (including phenoxy) is 2. The second-order valence-corrected chi connectivity index (χ2v) is 11.4. The largest absolute Gasteiger partial charge is 0.494 e. The predicted molar refractivity (Wildman–Crippen MR) is 179 cm³/mol. The van der Waals surface area contributed by atoms with E-state index >= 15 is 0 Å². The first-order chi connectivity index (χ1) is 20.8. The molecule has 0 atom stereocenters. The summed E-state index contributed by atoms with van der Waals surface area (Å²) in [7, 11) is 0. The molecule has 4 heteroatoms. The van der Waals surface area contributed by atoms with Crippen molar-refractivity contribution in [2.24, 2.45) is 10.2 Å². The van der Waals surface area contributed by atoms with Gasteiger partial charge in [-0.25, -0.2) is 0 Å². The van der Waals surface area contributed by atoms with Crippen LogP contribution in [0.1, 0.15) is 117 Å². The van der Waals surface area contributed by atoms with Crippen LogP contribution in [0.25, 0.3) is 11.1 Å². The van der Waals surface area contributed by atoms with E-state index in [1.807, 2.05) is 36.4 Å². The molecule has 0 fully saturated rings. The first kappa shape index (κ1) is 33.4. The van der Waals surface area contributed by atoms with Crippen molar-refractivity contribution in [1.82, 2.24) is 0 Å². The Morgan fingerprint density at radius 1 is 0.381 bits per heavy atom. The third-order valence-corrected chi connectivity index (χ3v) is 7.71. The highest BCUT2D eigenvalue weighted by atomic mass is 16.5. The van der Waals surface area contributed by atoms with Gasteiger partial charge in [0.1, 0.15) is 11.5 Å². The van der Waals surface area contributed by atoms with Crippen LogP contribution < -0.4 is 9.47 Å². The van der Waals surface area contributed by atoms with Gasteiger partial charge in [-0.2, -0.15) is 10.2 Å². The zero-order valence-electron chi connectivity index (χ0n) is 26.4. The molecule has 0 unspecified atom stereocenters. The molecule has 0 aliphatic rings. The van der Waals surface area contributed by atoms with Crippen LogP contribution in [-0.2, 0) is 0 Å². The molecule has 0 N–H and O–H groups in total. The van der Waals surface area contributed by atoms with Crippen LogP contribution >= 0.6 is 0 Å². The van der Waals surface area contributed by atoms with Crippen molar-refractivity contribution in [1.29, 1.82) is 0 Å². The molecule has 42 heavy (non-hydrogen) atoms. The van der Waals surface area contributed by atoms with E-state index < -0.39 is 0 Å². The Morgan fingerprint density at radius 3 is 1.12 bits per heavy atom. The molecule has 0 radical (unpaired) electrons. The van der Waals surface area contributed by atoms with Crippen LogP contribution in [-0.4, -0.2) is 13.2 Å². The molecule has 0 aromatic heterocycles. The van der Waals surface area contributed by atoms with Gasteiger partial charge in [-0.05, 0) is 72.5 Å². The van der Waals surface area contributed by atoms with Crippen LogP contribution in [0.2, 0.25) is 0 Å². The zero-order valence-corrected chi connectivity index (χ0v) is 26.4. The van der Waals surface area contributed by atoms with E-state index in [1.165, 1.54) is 95.5 Å². The summed E-state index contributed by atoms with van der Waals surface area (Å²) in [5.74, 6) is 1.83. The molecule has 0 heterocycles. The molecule has 0 aliphatic carbocycles. The van der Waals surface area contributed by atoms with E-state index in [0.717, 1.165) is 54.5 Å². The summed E-state index contributed by atoms with van der Waals surface area (Å²) >= 11 is 0. The van der Waals surface area contributed by atoms with E-state index in [2.05, 4.69) is 60.5 Å². The molecule has 3 aromatic rings. The maximum Gasteiger partial charge on any atom is 0.119 e. The lowest BCUT2D eigenvalue weighted by molar-refractivity contribution is 0.304. The zero-order chi connectivity index (χ0) is 29.5. The summed E-state index contributed by atoms with van der Waals surface area (Å²) in [5.41, 5.74) is 3.97. The third-order valence-electron chi connectivity index (χ3n) is 7.71. The van der Waals surface area contributed by atoms with Crippen molar-refractivity contribution in [2.75, 3.05) is 13.2 Å². The minimum absolute atomic E-state index is 0.766. The number of rotatable bonds is 23.